The van der Waals surface area contributed by atoms with Crippen LogP contribution >= 0.6 is 23.1 Å². The van der Waals surface area contributed by atoms with E-state index < -0.39 is 0 Å². The summed E-state index contributed by atoms with van der Waals surface area (Å²) in [4.78, 5) is 0. The van der Waals surface area contributed by atoms with Gasteiger partial charge in [-0.15, -0.1) is 10.2 Å². The SMILES string of the molecule is N/C(CCSc1nncs1)=N\O. The molecule has 1 heterocycles. The second-order valence-electron chi connectivity index (χ2n) is 1.89. The fourth-order valence-electron chi connectivity index (χ4n) is 0.519. The van der Waals surface area contributed by atoms with E-state index in [1.54, 1.807) is 17.3 Å². The molecule has 0 radical (unpaired) electrons. The van der Waals surface area contributed by atoms with E-state index in [4.69, 9.17) is 10.9 Å². The van der Waals surface area contributed by atoms with Gasteiger partial charge in [0.25, 0.3) is 0 Å². The fraction of sp³-hybridized carbons (Fsp3) is 0.400. The Morgan fingerprint density at radius 3 is 3.25 bits per heavy atom. The zero-order valence-electron chi connectivity index (χ0n) is 6.17. The van der Waals surface area contributed by atoms with Gasteiger partial charge >= 0.3 is 0 Å². The minimum atomic E-state index is 0.243. The second kappa shape index (κ2) is 4.94. The molecule has 3 N–H and O–H groups in total. The highest BCUT2D eigenvalue weighted by atomic mass is 32.2. The van der Waals surface area contributed by atoms with Crippen LogP contribution in [-0.4, -0.2) is 27.0 Å². The van der Waals surface area contributed by atoms with E-state index in [9.17, 15) is 0 Å². The fourth-order valence-corrected chi connectivity index (χ4v) is 2.04. The highest BCUT2D eigenvalue weighted by molar-refractivity contribution is 8.01. The Bertz CT molecular complexity index is 248. The van der Waals surface area contributed by atoms with Crippen molar-refractivity contribution in [2.45, 2.75) is 10.8 Å². The second-order valence-corrected chi connectivity index (χ2v) is 4.07. The lowest BCUT2D eigenvalue weighted by Crippen LogP contribution is -2.11. The van der Waals surface area contributed by atoms with E-state index in [2.05, 4.69) is 15.4 Å². The normalized spacial score (nSPS) is 11.8. The van der Waals surface area contributed by atoms with Gasteiger partial charge in [-0.1, -0.05) is 28.3 Å². The summed E-state index contributed by atoms with van der Waals surface area (Å²) >= 11 is 3.02. The van der Waals surface area contributed by atoms with Crippen LogP contribution in [0.4, 0.5) is 0 Å². The maximum atomic E-state index is 8.22. The van der Waals surface area contributed by atoms with Crippen LogP contribution in [0.25, 0.3) is 0 Å². The van der Waals surface area contributed by atoms with Crippen LogP contribution in [0, 0.1) is 0 Å². The van der Waals surface area contributed by atoms with E-state index in [-0.39, 0.29) is 5.84 Å². The summed E-state index contributed by atoms with van der Waals surface area (Å²) in [7, 11) is 0. The summed E-state index contributed by atoms with van der Waals surface area (Å²) in [5.74, 6) is 0.998. The predicted molar refractivity (Wildman–Crippen MR) is 48.7 cm³/mol. The first-order chi connectivity index (χ1) is 5.83. The molecule has 7 heteroatoms. The first-order valence-electron chi connectivity index (χ1n) is 3.18. The van der Waals surface area contributed by atoms with Gasteiger partial charge in [0.1, 0.15) is 11.3 Å². The monoisotopic (exact) mass is 204 g/mol. The van der Waals surface area contributed by atoms with Crippen LogP contribution in [0.2, 0.25) is 0 Å². The number of amidine groups is 1. The predicted octanol–water partition coefficient (Wildman–Crippen LogP) is 0.767. The summed E-state index contributed by atoms with van der Waals surface area (Å²) in [5.41, 5.74) is 6.94. The minimum Gasteiger partial charge on any atom is -0.409 e. The van der Waals surface area contributed by atoms with Crippen molar-refractivity contribution in [1.29, 1.82) is 0 Å². The quantitative estimate of drug-likeness (QED) is 0.249. The van der Waals surface area contributed by atoms with Crippen LogP contribution in [0.15, 0.2) is 15.0 Å². The van der Waals surface area contributed by atoms with Crippen molar-refractivity contribution in [3.8, 4) is 0 Å². The van der Waals surface area contributed by atoms with Gasteiger partial charge in [-0.05, 0) is 0 Å². The van der Waals surface area contributed by atoms with Gasteiger partial charge in [-0.3, -0.25) is 0 Å². The first-order valence-corrected chi connectivity index (χ1v) is 5.05. The highest BCUT2D eigenvalue weighted by Gasteiger charge is 1.98. The average Bonchev–Trinajstić information content (AvgIpc) is 2.57. The maximum absolute atomic E-state index is 8.22. The lowest BCUT2D eigenvalue weighted by molar-refractivity contribution is 0.317. The van der Waals surface area contributed by atoms with Gasteiger partial charge in [0, 0.05) is 12.2 Å². The molecule has 1 aromatic rings. The third kappa shape index (κ3) is 3.05. The van der Waals surface area contributed by atoms with Gasteiger partial charge < -0.3 is 10.9 Å². The zero-order chi connectivity index (χ0) is 8.81. The summed E-state index contributed by atoms with van der Waals surface area (Å²) < 4.78 is 0.903. The summed E-state index contributed by atoms with van der Waals surface area (Å²) in [6.45, 7) is 0. The third-order valence-corrected chi connectivity index (χ3v) is 2.91. The van der Waals surface area contributed by atoms with Crippen molar-refractivity contribution in [3.63, 3.8) is 0 Å². The summed E-state index contributed by atoms with van der Waals surface area (Å²) in [6.07, 6.45) is 0.556. The Balaban J connectivity index is 2.19. The first kappa shape index (κ1) is 9.27. The van der Waals surface area contributed by atoms with E-state index in [1.165, 1.54) is 11.3 Å². The van der Waals surface area contributed by atoms with Crippen molar-refractivity contribution in [1.82, 2.24) is 10.2 Å². The van der Waals surface area contributed by atoms with Crippen molar-refractivity contribution in [2.24, 2.45) is 10.9 Å². The zero-order valence-corrected chi connectivity index (χ0v) is 7.81. The molecule has 0 saturated heterocycles. The smallest absolute Gasteiger partial charge is 0.174 e. The van der Waals surface area contributed by atoms with Crippen molar-refractivity contribution < 1.29 is 5.21 Å². The molecule has 0 spiro atoms. The molecule has 1 aromatic heterocycles. The Morgan fingerprint density at radius 1 is 1.83 bits per heavy atom. The number of aromatic nitrogens is 2. The average molecular weight is 204 g/mol. The van der Waals surface area contributed by atoms with Crippen molar-refractivity contribution in [2.75, 3.05) is 5.75 Å². The minimum absolute atomic E-state index is 0.243. The number of thioether (sulfide) groups is 1. The molecule has 0 aliphatic rings. The Hall–Kier alpha value is -0.820. The van der Waals surface area contributed by atoms with Gasteiger partial charge in [0.05, 0.1) is 0 Å². The maximum Gasteiger partial charge on any atom is 0.174 e. The van der Waals surface area contributed by atoms with Crippen LogP contribution in [0.3, 0.4) is 0 Å². The molecule has 12 heavy (non-hydrogen) atoms. The molecule has 0 fully saturated rings. The van der Waals surface area contributed by atoms with Crippen molar-refractivity contribution in [3.05, 3.63) is 5.51 Å². The molecule has 0 amide bonds. The lowest BCUT2D eigenvalue weighted by atomic mass is 10.5. The Morgan fingerprint density at radius 2 is 2.67 bits per heavy atom. The largest absolute Gasteiger partial charge is 0.409 e. The molecule has 5 nitrogen and oxygen atoms in total. The van der Waals surface area contributed by atoms with E-state index >= 15 is 0 Å². The third-order valence-electron chi connectivity index (χ3n) is 1.05. The van der Waals surface area contributed by atoms with Gasteiger partial charge in [0.2, 0.25) is 0 Å². The Labute approximate surface area is 77.7 Å². The van der Waals surface area contributed by atoms with Crippen LogP contribution in [0.5, 0.6) is 0 Å². The van der Waals surface area contributed by atoms with Gasteiger partial charge in [0.15, 0.2) is 4.34 Å². The molecular formula is C5H8N4OS2. The summed E-state index contributed by atoms with van der Waals surface area (Å²) in [5, 5.41) is 18.6. The summed E-state index contributed by atoms with van der Waals surface area (Å²) in [6, 6.07) is 0. The number of oxime groups is 1. The number of nitrogens with two attached hydrogens (primary N) is 1. The molecule has 1 rings (SSSR count). The van der Waals surface area contributed by atoms with Crippen LogP contribution < -0.4 is 5.73 Å². The molecule has 0 aromatic carbocycles. The standard InChI is InChI=1S/C5H8N4OS2/c6-4(9-10)1-2-11-5-8-7-3-12-5/h3,10H,1-2H2,(H2,6,9). The van der Waals surface area contributed by atoms with Gasteiger partial charge in [-0.25, -0.2) is 0 Å². The molecule has 0 aliphatic heterocycles. The molecular weight excluding hydrogens is 196 g/mol. The van der Waals surface area contributed by atoms with Crippen molar-refractivity contribution >= 4 is 28.9 Å². The number of hydrogen-bond acceptors (Lipinski definition) is 6. The van der Waals surface area contributed by atoms with E-state index in [1.807, 2.05) is 0 Å². The lowest BCUT2D eigenvalue weighted by Gasteiger charge is -1.94. The van der Waals surface area contributed by atoms with Crippen LogP contribution in [0.1, 0.15) is 6.42 Å². The van der Waals surface area contributed by atoms with E-state index in [0.29, 0.717) is 6.42 Å². The number of hydrogen-bond donors (Lipinski definition) is 2. The molecule has 66 valence electrons. The molecule has 0 aliphatic carbocycles. The highest BCUT2D eigenvalue weighted by Crippen LogP contribution is 2.19. The van der Waals surface area contributed by atoms with E-state index in [0.717, 1.165) is 10.1 Å². The topological polar surface area (TPSA) is 84.4 Å². The molecule has 0 saturated carbocycles. The molecule has 0 atom stereocenters. The number of rotatable bonds is 4. The van der Waals surface area contributed by atoms with Crippen LogP contribution in [-0.2, 0) is 0 Å². The molecule has 0 bridgehead atoms. The van der Waals surface area contributed by atoms with Gasteiger partial charge in [-0.2, -0.15) is 0 Å². The number of nitrogens with zero attached hydrogens (tertiary/aromatic N) is 3. The molecule has 0 unspecified atom stereocenters. The Kier molecular flexibility index (Phi) is 3.81.